The zero-order valence-electron chi connectivity index (χ0n) is 16.1. The van der Waals surface area contributed by atoms with E-state index in [1.54, 1.807) is 6.92 Å². The second-order valence-corrected chi connectivity index (χ2v) is 7.56. The Morgan fingerprint density at radius 1 is 1.37 bits per heavy atom. The number of nitrogens with zero attached hydrogens (tertiary/aromatic N) is 1. The van der Waals surface area contributed by atoms with Crippen molar-refractivity contribution in [2.75, 3.05) is 26.3 Å². The molecule has 3 aliphatic heterocycles. The predicted molar refractivity (Wildman–Crippen MR) is 95.6 cm³/mol. The number of β-amino-alcohol motifs (C(OH)–C–C–N with tert-alkyl or cyclic N) is 1. The van der Waals surface area contributed by atoms with Gasteiger partial charge in [0.2, 0.25) is 11.8 Å². The number of hydrogen-bond donors (Lipinski definition) is 2. The number of rotatable bonds is 9. The highest BCUT2D eigenvalue weighted by molar-refractivity contribution is 5.98. The fourth-order valence-corrected chi connectivity index (χ4v) is 4.99. The summed E-state index contributed by atoms with van der Waals surface area (Å²) in [6.07, 6.45) is 3.73. The maximum absolute atomic E-state index is 13.1. The van der Waals surface area contributed by atoms with Crippen molar-refractivity contribution in [3.63, 3.8) is 0 Å². The lowest BCUT2D eigenvalue weighted by Crippen LogP contribution is -2.55. The third-order valence-electron chi connectivity index (χ3n) is 6.03. The molecule has 0 aromatic heterocycles. The summed E-state index contributed by atoms with van der Waals surface area (Å²) in [6, 6.07) is -0.812. The lowest BCUT2D eigenvalue weighted by atomic mass is 9.71. The molecule has 3 aliphatic rings. The zero-order valence-corrected chi connectivity index (χ0v) is 16.1. The number of esters is 1. The van der Waals surface area contributed by atoms with E-state index in [0.29, 0.717) is 19.4 Å². The minimum Gasteiger partial charge on any atom is -0.466 e. The monoisotopic (exact) mass is 382 g/mol. The number of ether oxygens (including phenoxy) is 2. The van der Waals surface area contributed by atoms with Gasteiger partial charge in [-0.05, 0) is 26.2 Å². The second-order valence-electron chi connectivity index (χ2n) is 7.56. The molecular weight excluding hydrogens is 352 g/mol. The van der Waals surface area contributed by atoms with E-state index >= 15 is 0 Å². The molecule has 3 heterocycles. The number of fused-ring (bicyclic) bond motifs is 1. The van der Waals surface area contributed by atoms with Crippen molar-refractivity contribution in [1.82, 2.24) is 10.2 Å². The van der Waals surface area contributed by atoms with Crippen molar-refractivity contribution < 1.29 is 29.0 Å². The Balaban J connectivity index is 1.85. The maximum Gasteiger partial charge on any atom is 0.312 e. The molecule has 0 aromatic rings. The minimum absolute atomic E-state index is 0.0493. The van der Waals surface area contributed by atoms with Gasteiger partial charge in [0.05, 0.1) is 31.2 Å². The van der Waals surface area contributed by atoms with Crippen LogP contribution in [0, 0.1) is 11.8 Å². The highest BCUT2D eigenvalue weighted by Gasteiger charge is 2.74. The van der Waals surface area contributed by atoms with Gasteiger partial charge in [0, 0.05) is 13.1 Å². The zero-order chi connectivity index (χ0) is 19.6. The molecule has 1 spiro atoms. The number of amides is 2. The van der Waals surface area contributed by atoms with Crippen LogP contribution in [0.4, 0.5) is 0 Å². The van der Waals surface area contributed by atoms with Gasteiger partial charge in [0.15, 0.2) is 0 Å². The van der Waals surface area contributed by atoms with Crippen LogP contribution in [0.1, 0.15) is 46.0 Å². The molecule has 3 fully saturated rings. The first-order valence-corrected chi connectivity index (χ1v) is 10.0. The van der Waals surface area contributed by atoms with Crippen LogP contribution < -0.4 is 5.32 Å². The number of aliphatic hydroxyl groups excluding tert-OH is 1. The molecular formula is C19H30N2O6. The standard InChI is InChI=1S/C19H30N2O6/c1-3-5-6-9-20-16(23)15-19-8-7-12(27-19)13(18(25)26-4-2)14(19)17(24)21(15)10-11-22/h12-15,22H,3-11H2,1-2H3,(H,20,23)/t12-,13+,14-,15?,19?/m0/s1. The number of nitrogens with one attached hydrogen (secondary N) is 1. The van der Waals surface area contributed by atoms with Crippen LogP contribution in [0.25, 0.3) is 0 Å². The van der Waals surface area contributed by atoms with Crippen molar-refractivity contribution >= 4 is 17.8 Å². The first-order valence-electron chi connectivity index (χ1n) is 10.0. The van der Waals surface area contributed by atoms with Gasteiger partial charge in [-0.25, -0.2) is 0 Å². The van der Waals surface area contributed by atoms with Crippen LogP contribution in [0.15, 0.2) is 0 Å². The summed E-state index contributed by atoms with van der Waals surface area (Å²) in [4.78, 5) is 40.0. The normalized spacial score (nSPS) is 34.0. The summed E-state index contributed by atoms with van der Waals surface area (Å²) < 4.78 is 11.3. The van der Waals surface area contributed by atoms with E-state index < -0.39 is 29.4 Å². The van der Waals surface area contributed by atoms with Crippen LogP contribution in [0.2, 0.25) is 0 Å². The summed E-state index contributed by atoms with van der Waals surface area (Å²) in [5, 5.41) is 12.3. The van der Waals surface area contributed by atoms with Gasteiger partial charge in [-0.3, -0.25) is 14.4 Å². The fraction of sp³-hybridized carbons (Fsp3) is 0.842. The van der Waals surface area contributed by atoms with E-state index in [2.05, 4.69) is 12.2 Å². The summed E-state index contributed by atoms with van der Waals surface area (Å²) in [5.41, 5.74) is -0.997. The molecule has 0 aromatic carbocycles. The van der Waals surface area contributed by atoms with E-state index in [4.69, 9.17) is 9.47 Å². The summed E-state index contributed by atoms with van der Waals surface area (Å²) in [5.74, 6) is -2.38. The molecule has 0 aliphatic carbocycles. The lowest BCUT2D eigenvalue weighted by Gasteiger charge is -2.33. The highest BCUT2D eigenvalue weighted by Crippen LogP contribution is 2.58. The summed E-state index contributed by atoms with van der Waals surface area (Å²) in [7, 11) is 0. The quantitative estimate of drug-likeness (QED) is 0.437. The molecule has 8 heteroatoms. The second kappa shape index (κ2) is 8.14. The average Bonchev–Trinajstić information content (AvgIpc) is 3.27. The highest BCUT2D eigenvalue weighted by atomic mass is 16.6. The van der Waals surface area contributed by atoms with E-state index in [1.165, 1.54) is 4.90 Å². The summed E-state index contributed by atoms with van der Waals surface area (Å²) >= 11 is 0. The van der Waals surface area contributed by atoms with Gasteiger partial charge >= 0.3 is 5.97 Å². The molecule has 8 nitrogen and oxygen atoms in total. The number of carbonyl (C=O) groups is 3. The molecule has 152 valence electrons. The van der Waals surface area contributed by atoms with Crippen LogP contribution in [-0.4, -0.2) is 71.8 Å². The molecule has 3 saturated heterocycles. The van der Waals surface area contributed by atoms with Gasteiger partial charge in [-0.1, -0.05) is 19.8 Å². The van der Waals surface area contributed by atoms with Crippen molar-refractivity contribution in [2.45, 2.75) is 63.7 Å². The van der Waals surface area contributed by atoms with Crippen LogP contribution in [0.3, 0.4) is 0 Å². The van der Waals surface area contributed by atoms with Crippen LogP contribution >= 0.6 is 0 Å². The Hall–Kier alpha value is -1.67. The third kappa shape index (κ3) is 3.23. The predicted octanol–water partition coefficient (Wildman–Crippen LogP) is 0.223. The molecule has 2 bridgehead atoms. The molecule has 5 atom stereocenters. The minimum atomic E-state index is -0.997. The van der Waals surface area contributed by atoms with Gasteiger partial charge in [-0.2, -0.15) is 0 Å². The Kier molecular flexibility index (Phi) is 6.05. The topological polar surface area (TPSA) is 105 Å². The van der Waals surface area contributed by atoms with Crippen molar-refractivity contribution in [2.24, 2.45) is 11.8 Å². The SMILES string of the molecule is CCCCCNC(=O)C1N(CCO)C(=O)[C@@H]2[C@H](C(=O)OCC)[C@@H]3CCC12O3. The molecule has 2 N–H and O–H groups in total. The van der Waals surface area contributed by atoms with Gasteiger partial charge in [0.25, 0.3) is 0 Å². The van der Waals surface area contributed by atoms with E-state index in [0.717, 1.165) is 19.3 Å². The Morgan fingerprint density at radius 2 is 2.15 bits per heavy atom. The van der Waals surface area contributed by atoms with Gasteiger partial charge in [-0.15, -0.1) is 0 Å². The molecule has 0 radical (unpaired) electrons. The molecule has 3 rings (SSSR count). The summed E-state index contributed by atoms with van der Waals surface area (Å²) in [6.45, 7) is 4.39. The number of carbonyl (C=O) groups excluding carboxylic acids is 3. The van der Waals surface area contributed by atoms with Crippen molar-refractivity contribution in [3.05, 3.63) is 0 Å². The van der Waals surface area contributed by atoms with E-state index in [-0.39, 0.29) is 37.7 Å². The number of unbranched alkanes of at least 4 members (excludes halogenated alkanes) is 2. The number of likely N-dealkylation sites (tertiary alicyclic amines) is 1. The maximum atomic E-state index is 13.1. The Morgan fingerprint density at radius 3 is 2.81 bits per heavy atom. The average molecular weight is 382 g/mol. The van der Waals surface area contributed by atoms with Gasteiger partial charge in [0.1, 0.15) is 11.6 Å². The Labute approximate surface area is 159 Å². The lowest BCUT2D eigenvalue weighted by molar-refractivity contribution is -0.154. The largest absolute Gasteiger partial charge is 0.466 e. The van der Waals surface area contributed by atoms with E-state index in [1.807, 2.05) is 0 Å². The first kappa shape index (κ1) is 20.1. The van der Waals surface area contributed by atoms with Crippen molar-refractivity contribution in [1.29, 1.82) is 0 Å². The smallest absolute Gasteiger partial charge is 0.312 e. The molecule has 27 heavy (non-hydrogen) atoms. The van der Waals surface area contributed by atoms with Crippen LogP contribution in [-0.2, 0) is 23.9 Å². The molecule has 0 saturated carbocycles. The number of aliphatic hydroxyl groups is 1. The fourth-order valence-electron chi connectivity index (χ4n) is 4.99. The van der Waals surface area contributed by atoms with Crippen LogP contribution in [0.5, 0.6) is 0 Å². The van der Waals surface area contributed by atoms with Crippen molar-refractivity contribution in [3.8, 4) is 0 Å². The van der Waals surface area contributed by atoms with Gasteiger partial charge < -0.3 is 24.8 Å². The molecule has 2 amide bonds. The first-order chi connectivity index (χ1) is 13.0. The Bertz CT molecular complexity index is 597. The van der Waals surface area contributed by atoms with E-state index in [9.17, 15) is 19.5 Å². The number of hydrogen-bond acceptors (Lipinski definition) is 6. The molecule has 2 unspecified atom stereocenters. The third-order valence-corrected chi connectivity index (χ3v) is 6.03.